The fourth-order valence-electron chi connectivity index (χ4n) is 2.47. The zero-order chi connectivity index (χ0) is 15.6. The number of hydrogen-bond acceptors (Lipinski definition) is 7. The van der Waals surface area contributed by atoms with Crippen LogP contribution in [0.5, 0.6) is 11.5 Å². The molecule has 0 saturated carbocycles. The Kier molecular flexibility index (Phi) is 3.51. The maximum atomic E-state index is 12.3. The molecule has 1 aromatic carbocycles. The molecule has 0 spiro atoms. The summed E-state index contributed by atoms with van der Waals surface area (Å²) in [4.78, 5) is 14.3. The standard InChI is InChI=1S/C15H15N3O5/c19-15(16-10-1-2-12-13(7-10)22-9-21-12)11-8-14(23-17-11)18-3-5-20-6-4-18/h1-2,7-8H,3-6,9H2,(H,16,19). The highest BCUT2D eigenvalue weighted by molar-refractivity contribution is 6.03. The summed E-state index contributed by atoms with van der Waals surface area (Å²) in [7, 11) is 0. The van der Waals surface area contributed by atoms with Gasteiger partial charge >= 0.3 is 0 Å². The fourth-order valence-corrected chi connectivity index (χ4v) is 2.47. The number of rotatable bonds is 3. The molecule has 3 heterocycles. The molecule has 0 aliphatic carbocycles. The lowest BCUT2D eigenvalue weighted by atomic mass is 10.2. The summed E-state index contributed by atoms with van der Waals surface area (Å²) in [5, 5.41) is 6.60. The summed E-state index contributed by atoms with van der Waals surface area (Å²) in [6.07, 6.45) is 0. The number of morpholine rings is 1. The molecule has 2 aliphatic heterocycles. The molecule has 0 atom stereocenters. The Balaban J connectivity index is 1.45. The molecule has 4 rings (SSSR count). The van der Waals surface area contributed by atoms with E-state index in [0.29, 0.717) is 36.3 Å². The molecule has 8 heteroatoms. The van der Waals surface area contributed by atoms with Gasteiger partial charge in [0.1, 0.15) is 0 Å². The lowest BCUT2D eigenvalue weighted by Gasteiger charge is -2.25. The largest absolute Gasteiger partial charge is 0.454 e. The van der Waals surface area contributed by atoms with Gasteiger partial charge in [0.25, 0.3) is 5.91 Å². The van der Waals surface area contributed by atoms with Gasteiger partial charge in [0.15, 0.2) is 17.2 Å². The Morgan fingerprint density at radius 3 is 2.83 bits per heavy atom. The van der Waals surface area contributed by atoms with Gasteiger partial charge in [0, 0.05) is 30.9 Å². The molecule has 2 aromatic rings. The lowest BCUT2D eigenvalue weighted by Crippen LogP contribution is -2.35. The normalized spacial score (nSPS) is 16.4. The average molecular weight is 317 g/mol. The van der Waals surface area contributed by atoms with Crippen molar-refractivity contribution in [1.82, 2.24) is 5.16 Å². The molecule has 0 unspecified atom stereocenters. The first kappa shape index (κ1) is 13.9. The van der Waals surface area contributed by atoms with Crippen molar-refractivity contribution < 1.29 is 23.5 Å². The predicted molar refractivity (Wildman–Crippen MR) is 80.1 cm³/mol. The molecule has 23 heavy (non-hydrogen) atoms. The molecular formula is C15H15N3O5. The van der Waals surface area contributed by atoms with Crippen LogP contribution in [0.4, 0.5) is 11.6 Å². The Bertz CT molecular complexity index is 724. The fraction of sp³-hybridized carbons (Fsp3) is 0.333. The van der Waals surface area contributed by atoms with E-state index in [2.05, 4.69) is 10.5 Å². The number of carbonyl (C=O) groups is 1. The first-order valence-corrected chi connectivity index (χ1v) is 7.30. The molecule has 8 nitrogen and oxygen atoms in total. The first-order chi connectivity index (χ1) is 11.3. The van der Waals surface area contributed by atoms with E-state index in [-0.39, 0.29) is 18.4 Å². The van der Waals surface area contributed by atoms with Crippen LogP contribution in [0.3, 0.4) is 0 Å². The number of ether oxygens (including phenoxy) is 3. The number of amides is 1. The third-order valence-electron chi connectivity index (χ3n) is 3.68. The summed E-state index contributed by atoms with van der Waals surface area (Å²) in [6.45, 7) is 2.91. The van der Waals surface area contributed by atoms with Gasteiger partial charge in [-0.15, -0.1) is 0 Å². The third-order valence-corrected chi connectivity index (χ3v) is 3.68. The topological polar surface area (TPSA) is 86.1 Å². The quantitative estimate of drug-likeness (QED) is 0.918. The van der Waals surface area contributed by atoms with Crippen LogP contribution in [0.2, 0.25) is 0 Å². The van der Waals surface area contributed by atoms with Crippen molar-refractivity contribution in [2.45, 2.75) is 0 Å². The van der Waals surface area contributed by atoms with E-state index in [4.69, 9.17) is 18.7 Å². The number of carbonyl (C=O) groups excluding carboxylic acids is 1. The monoisotopic (exact) mass is 317 g/mol. The van der Waals surface area contributed by atoms with Crippen LogP contribution < -0.4 is 19.7 Å². The smallest absolute Gasteiger partial charge is 0.277 e. The third kappa shape index (κ3) is 2.80. The molecule has 1 fully saturated rings. The minimum atomic E-state index is -0.341. The molecule has 1 amide bonds. The van der Waals surface area contributed by atoms with E-state index in [0.717, 1.165) is 13.1 Å². The zero-order valence-corrected chi connectivity index (χ0v) is 12.3. The van der Waals surface area contributed by atoms with Gasteiger partial charge in [-0.2, -0.15) is 0 Å². The van der Waals surface area contributed by atoms with E-state index in [1.165, 1.54) is 0 Å². The minimum absolute atomic E-state index is 0.193. The van der Waals surface area contributed by atoms with E-state index < -0.39 is 0 Å². The van der Waals surface area contributed by atoms with Gasteiger partial charge < -0.3 is 29.0 Å². The van der Waals surface area contributed by atoms with Crippen molar-refractivity contribution in [2.75, 3.05) is 43.3 Å². The second-order valence-electron chi connectivity index (χ2n) is 5.17. The van der Waals surface area contributed by atoms with Crippen molar-refractivity contribution in [3.63, 3.8) is 0 Å². The zero-order valence-electron chi connectivity index (χ0n) is 12.3. The van der Waals surface area contributed by atoms with Gasteiger partial charge in [-0.25, -0.2) is 0 Å². The second kappa shape index (κ2) is 5.81. The molecular weight excluding hydrogens is 302 g/mol. The molecule has 2 aliphatic rings. The van der Waals surface area contributed by atoms with Crippen molar-refractivity contribution in [3.05, 3.63) is 30.0 Å². The van der Waals surface area contributed by atoms with Crippen molar-refractivity contribution in [2.24, 2.45) is 0 Å². The van der Waals surface area contributed by atoms with Crippen LogP contribution >= 0.6 is 0 Å². The Morgan fingerprint density at radius 1 is 1.13 bits per heavy atom. The van der Waals surface area contributed by atoms with Gasteiger partial charge in [-0.3, -0.25) is 4.79 Å². The van der Waals surface area contributed by atoms with Gasteiger partial charge in [0.2, 0.25) is 12.7 Å². The van der Waals surface area contributed by atoms with Crippen LogP contribution in [0.15, 0.2) is 28.8 Å². The first-order valence-electron chi connectivity index (χ1n) is 7.30. The highest BCUT2D eigenvalue weighted by atomic mass is 16.7. The highest BCUT2D eigenvalue weighted by Crippen LogP contribution is 2.34. The van der Waals surface area contributed by atoms with Crippen molar-refractivity contribution >= 4 is 17.5 Å². The van der Waals surface area contributed by atoms with Gasteiger partial charge in [0.05, 0.1) is 13.2 Å². The van der Waals surface area contributed by atoms with Crippen LogP contribution in [0.1, 0.15) is 10.5 Å². The van der Waals surface area contributed by atoms with Gasteiger partial charge in [-0.1, -0.05) is 5.16 Å². The van der Waals surface area contributed by atoms with Crippen LogP contribution in [0, 0.1) is 0 Å². The number of anilines is 2. The van der Waals surface area contributed by atoms with E-state index in [9.17, 15) is 4.79 Å². The van der Waals surface area contributed by atoms with E-state index >= 15 is 0 Å². The second-order valence-corrected chi connectivity index (χ2v) is 5.17. The molecule has 1 aromatic heterocycles. The van der Waals surface area contributed by atoms with E-state index in [1.807, 2.05) is 4.90 Å². The number of hydrogen-bond donors (Lipinski definition) is 1. The minimum Gasteiger partial charge on any atom is -0.454 e. The molecule has 0 radical (unpaired) electrons. The van der Waals surface area contributed by atoms with Crippen LogP contribution in [-0.4, -0.2) is 44.2 Å². The van der Waals surface area contributed by atoms with Crippen molar-refractivity contribution in [1.29, 1.82) is 0 Å². The van der Waals surface area contributed by atoms with Crippen LogP contribution in [0.25, 0.3) is 0 Å². The summed E-state index contributed by atoms with van der Waals surface area (Å²) >= 11 is 0. The molecule has 0 bridgehead atoms. The summed E-state index contributed by atoms with van der Waals surface area (Å²) in [6, 6.07) is 6.84. The Labute approximate surface area is 131 Å². The highest BCUT2D eigenvalue weighted by Gasteiger charge is 2.20. The Hall–Kier alpha value is -2.74. The summed E-state index contributed by atoms with van der Waals surface area (Å²) < 4.78 is 21.1. The van der Waals surface area contributed by atoms with Crippen LogP contribution in [-0.2, 0) is 4.74 Å². The number of aromatic nitrogens is 1. The number of benzene rings is 1. The summed E-state index contributed by atoms with van der Waals surface area (Å²) in [5.41, 5.74) is 0.833. The number of fused-ring (bicyclic) bond motifs is 1. The maximum Gasteiger partial charge on any atom is 0.277 e. The average Bonchev–Trinajstić information content (AvgIpc) is 3.24. The Morgan fingerprint density at radius 2 is 1.96 bits per heavy atom. The molecule has 1 saturated heterocycles. The van der Waals surface area contributed by atoms with Gasteiger partial charge in [-0.05, 0) is 12.1 Å². The van der Waals surface area contributed by atoms with E-state index in [1.54, 1.807) is 24.3 Å². The predicted octanol–water partition coefficient (Wildman–Crippen LogP) is 1.49. The molecule has 1 N–H and O–H groups in total. The lowest BCUT2D eigenvalue weighted by molar-refractivity contribution is 0.101. The summed E-state index contributed by atoms with van der Waals surface area (Å²) in [5.74, 6) is 1.51. The van der Waals surface area contributed by atoms with Crippen molar-refractivity contribution in [3.8, 4) is 11.5 Å². The number of nitrogens with zero attached hydrogens (tertiary/aromatic N) is 2. The molecule has 120 valence electrons. The maximum absolute atomic E-state index is 12.3. The number of nitrogens with one attached hydrogen (secondary N) is 1. The SMILES string of the molecule is O=C(Nc1ccc2c(c1)OCO2)c1cc(N2CCOCC2)on1.